The van der Waals surface area contributed by atoms with Crippen molar-refractivity contribution in [3.63, 3.8) is 0 Å². The van der Waals surface area contributed by atoms with Gasteiger partial charge in [-0.3, -0.25) is 4.79 Å². The van der Waals surface area contributed by atoms with Crippen LogP contribution < -0.4 is 0 Å². The lowest BCUT2D eigenvalue weighted by Crippen LogP contribution is -1.97. The SMILES string of the molecule is CCSCc1ccc(C(=O)c2ccc(Cl)cc2)s1. The molecule has 0 radical (unpaired) electrons. The summed E-state index contributed by atoms with van der Waals surface area (Å²) in [5.74, 6) is 2.15. The summed E-state index contributed by atoms with van der Waals surface area (Å²) in [5.41, 5.74) is 0.691. The van der Waals surface area contributed by atoms with Gasteiger partial charge in [-0.1, -0.05) is 18.5 Å². The van der Waals surface area contributed by atoms with Crippen molar-refractivity contribution in [3.8, 4) is 0 Å². The number of benzene rings is 1. The van der Waals surface area contributed by atoms with Crippen LogP contribution in [0.3, 0.4) is 0 Å². The standard InChI is InChI=1S/C14H13ClOS2/c1-2-17-9-12-7-8-13(18-12)14(16)10-3-5-11(15)6-4-10/h3-8H,2,9H2,1H3. The van der Waals surface area contributed by atoms with Crippen LogP contribution in [0.5, 0.6) is 0 Å². The summed E-state index contributed by atoms with van der Waals surface area (Å²) in [6.45, 7) is 2.14. The smallest absolute Gasteiger partial charge is 0.202 e. The normalized spacial score (nSPS) is 10.6. The second kappa shape index (κ2) is 6.41. The summed E-state index contributed by atoms with van der Waals surface area (Å²) in [5, 5.41) is 0.651. The van der Waals surface area contributed by atoms with Gasteiger partial charge < -0.3 is 0 Å². The Morgan fingerprint density at radius 3 is 2.61 bits per heavy atom. The quantitative estimate of drug-likeness (QED) is 0.731. The van der Waals surface area contributed by atoms with Crippen LogP contribution in [0.25, 0.3) is 0 Å². The van der Waals surface area contributed by atoms with Crippen LogP contribution in [-0.2, 0) is 5.75 Å². The van der Waals surface area contributed by atoms with Crippen LogP contribution in [0.1, 0.15) is 27.0 Å². The van der Waals surface area contributed by atoms with Crippen molar-refractivity contribution in [1.82, 2.24) is 0 Å². The van der Waals surface area contributed by atoms with Gasteiger partial charge in [-0.05, 0) is 42.2 Å². The second-order valence-corrected chi connectivity index (χ2v) is 6.62. The van der Waals surface area contributed by atoms with Gasteiger partial charge in [-0.25, -0.2) is 0 Å². The van der Waals surface area contributed by atoms with Crippen LogP contribution in [0.15, 0.2) is 36.4 Å². The van der Waals surface area contributed by atoms with Crippen LogP contribution in [0.4, 0.5) is 0 Å². The highest BCUT2D eigenvalue weighted by Gasteiger charge is 2.11. The van der Waals surface area contributed by atoms with Gasteiger partial charge in [-0.15, -0.1) is 11.3 Å². The molecule has 0 fully saturated rings. The zero-order chi connectivity index (χ0) is 13.0. The fourth-order valence-corrected chi connectivity index (χ4v) is 3.40. The molecule has 1 aromatic carbocycles. The molecule has 2 rings (SSSR count). The number of halogens is 1. The van der Waals surface area contributed by atoms with E-state index in [1.54, 1.807) is 35.6 Å². The lowest BCUT2D eigenvalue weighted by molar-refractivity contribution is 0.104. The maximum atomic E-state index is 12.2. The summed E-state index contributed by atoms with van der Waals surface area (Å²) >= 11 is 9.25. The maximum Gasteiger partial charge on any atom is 0.202 e. The number of carbonyl (C=O) groups excluding carboxylic acids is 1. The minimum atomic E-state index is 0.0735. The molecule has 1 aromatic heterocycles. The first-order valence-corrected chi connectivity index (χ1v) is 8.02. The summed E-state index contributed by atoms with van der Waals surface area (Å²) in [4.78, 5) is 14.2. The predicted molar refractivity (Wildman–Crippen MR) is 81.0 cm³/mol. The van der Waals surface area contributed by atoms with Crippen LogP contribution >= 0.6 is 34.7 Å². The number of hydrogen-bond donors (Lipinski definition) is 0. The largest absolute Gasteiger partial charge is 0.288 e. The summed E-state index contributed by atoms with van der Waals surface area (Å²) in [6.07, 6.45) is 0. The number of thiophene rings is 1. The molecule has 0 aliphatic carbocycles. The Morgan fingerprint density at radius 2 is 1.94 bits per heavy atom. The lowest BCUT2D eigenvalue weighted by Gasteiger charge is -1.98. The topological polar surface area (TPSA) is 17.1 Å². The summed E-state index contributed by atoms with van der Waals surface area (Å²) in [7, 11) is 0. The highest BCUT2D eigenvalue weighted by molar-refractivity contribution is 7.98. The van der Waals surface area contributed by atoms with Gasteiger partial charge >= 0.3 is 0 Å². The molecule has 94 valence electrons. The molecular weight excluding hydrogens is 284 g/mol. The first-order valence-electron chi connectivity index (χ1n) is 5.67. The zero-order valence-electron chi connectivity index (χ0n) is 9.98. The molecule has 0 saturated carbocycles. The van der Waals surface area contributed by atoms with Gasteiger partial charge in [0.2, 0.25) is 5.78 Å². The van der Waals surface area contributed by atoms with E-state index in [4.69, 9.17) is 11.6 Å². The second-order valence-electron chi connectivity index (χ2n) is 3.74. The van der Waals surface area contributed by atoms with Crippen molar-refractivity contribution in [2.45, 2.75) is 12.7 Å². The van der Waals surface area contributed by atoms with E-state index in [1.807, 2.05) is 23.9 Å². The van der Waals surface area contributed by atoms with E-state index in [2.05, 4.69) is 6.92 Å². The minimum Gasteiger partial charge on any atom is -0.288 e. The van der Waals surface area contributed by atoms with Gasteiger partial charge in [0.1, 0.15) is 0 Å². The first-order chi connectivity index (χ1) is 8.70. The molecule has 0 bridgehead atoms. The van der Waals surface area contributed by atoms with Crippen molar-refractivity contribution in [3.05, 3.63) is 56.7 Å². The van der Waals surface area contributed by atoms with Crippen LogP contribution in [0, 0.1) is 0 Å². The molecule has 1 nitrogen and oxygen atoms in total. The lowest BCUT2D eigenvalue weighted by atomic mass is 10.1. The van der Waals surface area contributed by atoms with Crippen LogP contribution in [0.2, 0.25) is 5.02 Å². The molecule has 4 heteroatoms. The number of ketones is 1. The minimum absolute atomic E-state index is 0.0735. The Labute approximate surface area is 120 Å². The fraction of sp³-hybridized carbons (Fsp3) is 0.214. The average molecular weight is 297 g/mol. The number of hydrogen-bond acceptors (Lipinski definition) is 3. The zero-order valence-corrected chi connectivity index (χ0v) is 12.4. The van der Waals surface area contributed by atoms with E-state index in [0.717, 1.165) is 16.4 Å². The molecule has 0 saturated heterocycles. The third-order valence-corrected chi connectivity index (χ3v) is 4.88. The van der Waals surface area contributed by atoms with Gasteiger partial charge in [0, 0.05) is 21.2 Å². The molecule has 0 amide bonds. The third kappa shape index (κ3) is 3.37. The molecule has 2 aromatic rings. The van der Waals surface area contributed by atoms with Gasteiger partial charge in [0.05, 0.1) is 4.88 Å². The average Bonchev–Trinajstić information content (AvgIpc) is 2.85. The van der Waals surface area contributed by atoms with Crippen molar-refractivity contribution >= 4 is 40.5 Å². The van der Waals surface area contributed by atoms with Crippen molar-refractivity contribution < 1.29 is 4.79 Å². The Kier molecular flexibility index (Phi) is 4.87. The van der Waals surface area contributed by atoms with E-state index in [9.17, 15) is 4.79 Å². The van der Waals surface area contributed by atoms with E-state index in [-0.39, 0.29) is 5.78 Å². The Morgan fingerprint density at radius 1 is 1.22 bits per heavy atom. The van der Waals surface area contributed by atoms with Crippen LogP contribution in [-0.4, -0.2) is 11.5 Å². The predicted octanol–water partition coefficient (Wildman–Crippen LogP) is 4.89. The highest BCUT2D eigenvalue weighted by atomic mass is 35.5. The molecule has 0 aliphatic rings. The summed E-state index contributed by atoms with van der Waals surface area (Å²) < 4.78 is 0. The number of rotatable bonds is 5. The Hall–Kier alpha value is -0.770. The Balaban J connectivity index is 2.13. The van der Waals surface area contributed by atoms with Crippen molar-refractivity contribution in [2.24, 2.45) is 0 Å². The van der Waals surface area contributed by atoms with Crippen molar-refractivity contribution in [1.29, 1.82) is 0 Å². The summed E-state index contributed by atoms with van der Waals surface area (Å²) in [6, 6.07) is 11.0. The number of carbonyl (C=O) groups is 1. The molecular formula is C14H13ClOS2. The van der Waals surface area contributed by atoms with Gasteiger partial charge in [0.15, 0.2) is 0 Å². The fourth-order valence-electron chi connectivity index (χ4n) is 1.52. The molecule has 18 heavy (non-hydrogen) atoms. The molecule has 1 heterocycles. The molecule has 0 atom stereocenters. The van der Waals surface area contributed by atoms with E-state index in [0.29, 0.717) is 10.6 Å². The molecule has 0 spiro atoms. The molecule has 0 N–H and O–H groups in total. The third-order valence-electron chi connectivity index (χ3n) is 2.44. The van der Waals surface area contributed by atoms with E-state index in [1.165, 1.54) is 4.88 Å². The highest BCUT2D eigenvalue weighted by Crippen LogP contribution is 2.24. The maximum absolute atomic E-state index is 12.2. The number of thioether (sulfide) groups is 1. The Bertz CT molecular complexity index is 531. The van der Waals surface area contributed by atoms with Crippen molar-refractivity contribution in [2.75, 3.05) is 5.75 Å². The van der Waals surface area contributed by atoms with Gasteiger partial charge in [-0.2, -0.15) is 11.8 Å². The van der Waals surface area contributed by atoms with E-state index >= 15 is 0 Å². The van der Waals surface area contributed by atoms with Gasteiger partial charge in [0.25, 0.3) is 0 Å². The monoisotopic (exact) mass is 296 g/mol. The molecule has 0 aliphatic heterocycles. The molecule has 0 unspecified atom stereocenters. The first kappa shape index (κ1) is 13.7. The van der Waals surface area contributed by atoms with E-state index < -0.39 is 0 Å².